The first kappa shape index (κ1) is 15.3. The summed E-state index contributed by atoms with van der Waals surface area (Å²) < 4.78 is 5.33. The number of carbonyl (C=O) groups excluding carboxylic acids is 2. The molecule has 2 aliphatic rings. The van der Waals surface area contributed by atoms with E-state index in [1.165, 1.54) is 4.90 Å². The fraction of sp³-hybridized carbons (Fsp3) is 0.438. The highest BCUT2D eigenvalue weighted by Gasteiger charge is 2.65. The zero-order valence-electron chi connectivity index (χ0n) is 13.1. The van der Waals surface area contributed by atoms with Crippen molar-refractivity contribution in [2.24, 2.45) is 17.3 Å². The Labute approximate surface area is 133 Å². The van der Waals surface area contributed by atoms with E-state index in [0.29, 0.717) is 17.1 Å². The lowest BCUT2D eigenvalue weighted by Gasteiger charge is -2.26. The summed E-state index contributed by atoms with van der Waals surface area (Å²) in [5.41, 5.74) is 0.523. The monoisotopic (exact) mass is 318 g/mol. The molecule has 1 fully saturated rings. The number of likely N-dealkylation sites (N-methyl/N-ethyl adjacent to an activating group) is 1. The van der Waals surface area contributed by atoms with E-state index in [-0.39, 0.29) is 18.4 Å². The molecule has 2 N–H and O–H groups in total. The van der Waals surface area contributed by atoms with Crippen molar-refractivity contribution in [3.05, 3.63) is 18.2 Å². The molecule has 1 saturated carbocycles. The van der Waals surface area contributed by atoms with Crippen LogP contribution in [0.15, 0.2) is 18.2 Å². The molecule has 23 heavy (non-hydrogen) atoms. The zero-order valence-corrected chi connectivity index (χ0v) is 13.1. The Hall–Kier alpha value is -2.57. The molecule has 7 nitrogen and oxygen atoms in total. The molecule has 2 amide bonds. The quantitative estimate of drug-likeness (QED) is 0.876. The minimum absolute atomic E-state index is 0.00817. The summed E-state index contributed by atoms with van der Waals surface area (Å²) in [6.07, 6.45) is 0. The van der Waals surface area contributed by atoms with Crippen molar-refractivity contribution in [2.75, 3.05) is 23.9 Å². The molecule has 1 aromatic carbocycles. The number of carboxylic acid groups (broad SMARTS) is 1. The van der Waals surface area contributed by atoms with Crippen LogP contribution in [0.25, 0.3) is 0 Å². The number of amides is 2. The van der Waals surface area contributed by atoms with Crippen LogP contribution in [0.3, 0.4) is 0 Å². The number of anilines is 2. The van der Waals surface area contributed by atoms with Crippen LogP contribution in [0.4, 0.5) is 11.4 Å². The maximum atomic E-state index is 12.3. The highest BCUT2D eigenvalue weighted by molar-refractivity contribution is 6.02. The van der Waals surface area contributed by atoms with Gasteiger partial charge >= 0.3 is 5.97 Å². The largest absolute Gasteiger partial charge is 0.482 e. The van der Waals surface area contributed by atoms with Crippen molar-refractivity contribution in [3.8, 4) is 5.75 Å². The zero-order chi connectivity index (χ0) is 16.9. The molecule has 0 saturated heterocycles. The molecular weight excluding hydrogens is 300 g/mol. The maximum absolute atomic E-state index is 12.3. The van der Waals surface area contributed by atoms with Gasteiger partial charge in [0, 0.05) is 12.7 Å². The number of aliphatic carboxylic acids is 1. The summed E-state index contributed by atoms with van der Waals surface area (Å²) in [5.74, 6) is -2.12. The lowest BCUT2D eigenvalue weighted by molar-refractivity contribution is -0.140. The molecule has 0 unspecified atom stereocenters. The predicted molar refractivity (Wildman–Crippen MR) is 82.4 cm³/mol. The molecular formula is C16H18N2O5. The molecule has 2 atom stereocenters. The van der Waals surface area contributed by atoms with Gasteiger partial charge in [0.25, 0.3) is 5.91 Å². The van der Waals surface area contributed by atoms with E-state index >= 15 is 0 Å². The van der Waals surface area contributed by atoms with E-state index in [0.717, 1.165) is 0 Å². The van der Waals surface area contributed by atoms with Gasteiger partial charge in [-0.3, -0.25) is 14.4 Å². The van der Waals surface area contributed by atoms with Crippen molar-refractivity contribution in [1.82, 2.24) is 0 Å². The summed E-state index contributed by atoms with van der Waals surface area (Å²) >= 11 is 0. The molecule has 3 rings (SSSR count). The smallest absolute Gasteiger partial charge is 0.307 e. The molecule has 0 bridgehead atoms. The van der Waals surface area contributed by atoms with Gasteiger partial charge in [-0.25, -0.2) is 0 Å². The van der Waals surface area contributed by atoms with Crippen LogP contribution >= 0.6 is 0 Å². The SMILES string of the molecule is CN1C(=O)COc2ccc(NC(=O)[C@@H]3[C@H](C(=O)O)C3(C)C)cc21. The van der Waals surface area contributed by atoms with Gasteiger partial charge in [-0.1, -0.05) is 13.8 Å². The van der Waals surface area contributed by atoms with Crippen molar-refractivity contribution in [1.29, 1.82) is 0 Å². The Kier molecular flexibility index (Phi) is 3.31. The first-order valence-corrected chi connectivity index (χ1v) is 7.30. The average Bonchev–Trinajstić information content (AvgIpc) is 3.06. The second-order valence-electron chi connectivity index (χ2n) is 6.53. The Morgan fingerprint density at radius 2 is 2.04 bits per heavy atom. The standard InChI is InChI=1S/C16H18N2O5/c1-16(2)12(13(16)15(21)22)14(20)17-8-4-5-10-9(6-8)18(3)11(19)7-23-10/h4-6,12-13H,7H2,1-3H3,(H,17,20)(H,21,22)/t12-,13+/m0/s1. The van der Waals surface area contributed by atoms with Crippen LogP contribution in [0.2, 0.25) is 0 Å². The summed E-state index contributed by atoms with van der Waals surface area (Å²) in [6, 6.07) is 5.00. The van der Waals surface area contributed by atoms with Gasteiger partial charge in [-0.05, 0) is 23.6 Å². The Morgan fingerprint density at radius 1 is 1.35 bits per heavy atom. The van der Waals surface area contributed by atoms with Gasteiger partial charge in [0.15, 0.2) is 6.61 Å². The van der Waals surface area contributed by atoms with E-state index < -0.39 is 23.2 Å². The number of benzene rings is 1. The number of fused-ring (bicyclic) bond motifs is 1. The van der Waals surface area contributed by atoms with E-state index in [4.69, 9.17) is 9.84 Å². The van der Waals surface area contributed by atoms with Gasteiger partial charge < -0.3 is 20.1 Å². The van der Waals surface area contributed by atoms with E-state index in [1.54, 1.807) is 39.1 Å². The summed E-state index contributed by atoms with van der Waals surface area (Å²) in [6.45, 7) is 3.53. The number of hydrogen-bond acceptors (Lipinski definition) is 4. The fourth-order valence-electron chi connectivity index (χ4n) is 3.16. The summed E-state index contributed by atoms with van der Waals surface area (Å²) in [7, 11) is 1.64. The number of carbonyl (C=O) groups is 3. The van der Waals surface area contributed by atoms with Crippen LogP contribution < -0.4 is 15.0 Å². The number of rotatable bonds is 3. The molecule has 1 aliphatic heterocycles. The van der Waals surface area contributed by atoms with Gasteiger partial charge in [0.2, 0.25) is 5.91 Å². The average molecular weight is 318 g/mol. The third-order valence-electron chi connectivity index (χ3n) is 4.69. The van der Waals surface area contributed by atoms with Crippen molar-refractivity contribution >= 4 is 29.2 Å². The Morgan fingerprint density at radius 3 is 2.65 bits per heavy atom. The second kappa shape index (κ2) is 4.97. The van der Waals surface area contributed by atoms with Gasteiger partial charge in [0.1, 0.15) is 5.75 Å². The maximum Gasteiger partial charge on any atom is 0.307 e. The first-order valence-electron chi connectivity index (χ1n) is 7.30. The highest BCUT2D eigenvalue weighted by atomic mass is 16.5. The third-order valence-corrected chi connectivity index (χ3v) is 4.69. The molecule has 0 spiro atoms. The number of nitrogens with one attached hydrogen (secondary N) is 1. The molecule has 0 aromatic heterocycles. The fourth-order valence-corrected chi connectivity index (χ4v) is 3.16. The molecule has 7 heteroatoms. The topological polar surface area (TPSA) is 95.9 Å². The van der Waals surface area contributed by atoms with Gasteiger partial charge in [-0.15, -0.1) is 0 Å². The molecule has 122 valence electrons. The van der Waals surface area contributed by atoms with E-state index in [9.17, 15) is 14.4 Å². The van der Waals surface area contributed by atoms with Gasteiger partial charge in [0.05, 0.1) is 17.5 Å². The third kappa shape index (κ3) is 2.42. The number of carboxylic acids is 1. The molecule has 0 radical (unpaired) electrons. The molecule has 1 aromatic rings. The highest BCUT2D eigenvalue weighted by Crippen LogP contribution is 2.58. The van der Waals surface area contributed by atoms with E-state index in [2.05, 4.69) is 5.32 Å². The van der Waals surface area contributed by atoms with E-state index in [1.807, 2.05) is 0 Å². The van der Waals surface area contributed by atoms with Crippen LogP contribution in [-0.2, 0) is 14.4 Å². The lowest BCUT2D eigenvalue weighted by atomic mass is 10.1. The minimum Gasteiger partial charge on any atom is -0.482 e. The lowest BCUT2D eigenvalue weighted by Crippen LogP contribution is -2.35. The van der Waals surface area contributed by atoms with Crippen molar-refractivity contribution in [3.63, 3.8) is 0 Å². The van der Waals surface area contributed by atoms with Crippen LogP contribution in [0, 0.1) is 17.3 Å². The van der Waals surface area contributed by atoms with Crippen LogP contribution in [0.5, 0.6) is 5.75 Å². The Balaban J connectivity index is 1.78. The van der Waals surface area contributed by atoms with Gasteiger partial charge in [-0.2, -0.15) is 0 Å². The number of nitrogens with zero attached hydrogens (tertiary/aromatic N) is 1. The number of ether oxygens (including phenoxy) is 1. The van der Waals surface area contributed by atoms with Crippen molar-refractivity contribution < 1.29 is 24.2 Å². The van der Waals surface area contributed by atoms with Crippen LogP contribution in [0.1, 0.15) is 13.8 Å². The minimum atomic E-state index is -0.959. The summed E-state index contributed by atoms with van der Waals surface area (Å²) in [5, 5.41) is 11.9. The first-order chi connectivity index (χ1) is 10.7. The Bertz CT molecular complexity index is 712. The second-order valence-corrected chi connectivity index (χ2v) is 6.53. The normalized spacial score (nSPS) is 24.5. The van der Waals surface area contributed by atoms with Crippen LogP contribution in [-0.4, -0.2) is 36.5 Å². The molecule has 1 heterocycles. The molecule has 1 aliphatic carbocycles. The summed E-state index contributed by atoms with van der Waals surface area (Å²) in [4.78, 5) is 36.6. The predicted octanol–water partition coefficient (Wildman–Crippen LogP) is 1.34. The number of hydrogen-bond donors (Lipinski definition) is 2. The van der Waals surface area contributed by atoms with Crippen molar-refractivity contribution in [2.45, 2.75) is 13.8 Å².